The first-order valence-corrected chi connectivity index (χ1v) is 12.6. The SMILES string of the molecule is C[C@@H]1CC[C@@]2(OC1)O[C@H]1CC3C4CC=C5C=CCC[C@]5(C)C4CC[C@]3(C)[C@H]1[C@@H]2C. The molecule has 1 spiro atoms. The Hall–Kier alpha value is -0.600. The molecule has 160 valence electrons. The van der Waals surface area contributed by atoms with Gasteiger partial charge in [0, 0.05) is 12.3 Å². The minimum absolute atomic E-state index is 0.271. The van der Waals surface area contributed by atoms with Crippen molar-refractivity contribution < 1.29 is 9.47 Å². The van der Waals surface area contributed by atoms with E-state index >= 15 is 0 Å². The Morgan fingerprint density at radius 1 is 1.03 bits per heavy atom. The van der Waals surface area contributed by atoms with Crippen LogP contribution < -0.4 is 0 Å². The second-order valence-electron chi connectivity index (χ2n) is 12.1. The maximum Gasteiger partial charge on any atom is 0.171 e. The lowest BCUT2D eigenvalue weighted by Gasteiger charge is -2.57. The van der Waals surface area contributed by atoms with Crippen LogP contribution in [-0.4, -0.2) is 18.5 Å². The lowest BCUT2D eigenvalue weighted by atomic mass is 9.47. The molecule has 3 unspecified atom stereocenters. The number of ether oxygens (including phenoxy) is 2. The maximum atomic E-state index is 6.89. The van der Waals surface area contributed by atoms with E-state index in [9.17, 15) is 0 Å². The van der Waals surface area contributed by atoms with Crippen LogP contribution in [0.15, 0.2) is 23.8 Å². The Labute approximate surface area is 177 Å². The van der Waals surface area contributed by atoms with Crippen LogP contribution in [-0.2, 0) is 9.47 Å². The molecule has 2 heteroatoms. The van der Waals surface area contributed by atoms with E-state index in [1.807, 2.05) is 0 Å². The largest absolute Gasteiger partial charge is 0.349 e. The molecular formula is C27H40O2. The van der Waals surface area contributed by atoms with Crippen molar-refractivity contribution in [2.75, 3.05) is 6.61 Å². The summed E-state index contributed by atoms with van der Waals surface area (Å²) in [5, 5.41) is 0. The van der Waals surface area contributed by atoms with Gasteiger partial charge in [-0.05, 0) is 90.9 Å². The molecular weight excluding hydrogens is 356 g/mol. The van der Waals surface area contributed by atoms with Gasteiger partial charge in [0.25, 0.3) is 0 Å². The highest BCUT2D eigenvalue weighted by Gasteiger charge is 2.68. The van der Waals surface area contributed by atoms with Gasteiger partial charge in [-0.2, -0.15) is 0 Å². The van der Waals surface area contributed by atoms with Crippen molar-refractivity contribution in [3.63, 3.8) is 0 Å². The maximum absolute atomic E-state index is 6.89. The standard InChI is InChI=1S/C27H40O2/c1-17-10-14-27(28-16-17)18(2)24-23(29-27)15-22-20-9-8-19-7-5-6-12-25(19,3)21(20)11-13-26(22,24)4/h5,7-8,17-18,20-24H,6,9-16H2,1-4H3/t17-,18+,20?,21?,22?,23+,24+,25+,26+,27-/m1/s1. The van der Waals surface area contributed by atoms with Crippen molar-refractivity contribution in [1.82, 2.24) is 0 Å². The number of rotatable bonds is 0. The van der Waals surface area contributed by atoms with Crippen LogP contribution in [0.2, 0.25) is 0 Å². The van der Waals surface area contributed by atoms with E-state index in [1.54, 1.807) is 5.57 Å². The Bertz CT molecular complexity index is 744. The first-order valence-electron chi connectivity index (χ1n) is 12.6. The second-order valence-corrected chi connectivity index (χ2v) is 12.1. The molecule has 0 radical (unpaired) electrons. The molecule has 0 bridgehead atoms. The Morgan fingerprint density at radius 3 is 2.69 bits per heavy atom. The molecule has 2 aliphatic heterocycles. The summed E-state index contributed by atoms with van der Waals surface area (Å²) in [6.07, 6.45) is 18.3. The molecule has 6 aliphatic rings. The molecule has 0 aromatic carbocycles. The Balaban J connectivity index is 1.30. The van der Waals surface area contributed by atoms with Crippen molar-refractivity contribution in [3.05, 3.63) is 23.8 Å². The van der Waals surface area contributed by atoms with Crippen LogP contribution in [0.3, 0.4) is 0 Å². The zero-order chi connectivity index (χ0) is 20.0. The van der Waals surface area contributed by atoms with E-state index in [4.69, 9.17) is 9.47 Å². The number of fused-ring (bicyclic) bond motifs is 7. The summed E-state index contributed by atoms with van der Waals surface area (Å²) in [7, 11) is 0. The van der Waals surface area contributed by atoms with Crippen molar-refractivity contribution in [1.29, 1.82) is 0 Å². The average molecular weight is 397 g/mol. The fourth-order valence-corrected chi connectivity index (χ4v) is 9.32. The van der Waals surface area contributed by atoms with Gasteiger partial charge in [-0.1, -0.05) is 45.9 Å². The van der Waals surface area contributed by atoms with Crippen LogP contribution in [0, 0.1) is 46.3 Å². The van der Waals surface area contributed by atoms with Crippen molar-refractivity contribution in [2.24, 2.45) is 46.3 Å². The number of hydrogen-bond donors (Lipinski definition) is 0. The van der Waals surface area contributed by atoms with Gasteiger partial charge in [0.15, 0.2) is 5.79 Å². The fourth-order valence-electron chi connectivity index (χ4n) is 9.32. The molecule has 0 aromatic rings. The number of allylic oxidation sites excluding steroid dienone is 4. The van der Waals surface area contributed by atoms with Crippen molar-refractivity contribution in [3.8, 4) is 0 Å². The van der Waals surface area contributed by atoms with E-state index in [1.165, 1.54) is 44.9 Å². The summed E-state index contributed by atoms with van der Waals surface area (Å²) >= 11 is 0. The summed E-state index contributed by atoms with van der Waals surface area (Å²) in [4.78, 5) is 0. The summed E-state index contributed by atoms with van der Waals surface area (Å²) in [6.45, 7) is 10.9. The molecule has 4 aliphatic carbocycles. The van der Waals surface area contributed by atoms with Gasteiger partial charge in [-0.25, -0.2) is 0 Å². The van der Waals surface area contributed by atoms with Crippen LogP contribution in [0.5, 0.6) is 0 Å². The third kappa shape index (κ3) is 2.42. The molecule has 2 heterocycles. The molecule has 2 saturated heterocycles. The molecule has 29 heavy (non-hydrogen) atoms. The van der Waals surface area contributed by atoms with Gasteiger partial charge < -0.3 is 9.47 Å². The lowest BCUT2D eigenvalue weighted by molar-refractivity contribution is -0.272. The zero-order valence-electron chi connectivity index (χ0n) is 19.0. The third-order valence-electron chi connectivity index (χ3n) is 10.9. The highest BCUT2D eigenvalue weighted by atomic mass is 16.7. The second kappa shape index (κ2) is 6.22. The van der Waals surface area contributed by atoms with Crippen LogP contribution in [0.4, 0.5) is 0 Å². The smallest absolute Gasteiger partial charge is 0.171 e. The fraction of sp³-hybridized carbons (Fsp3) is 0.852. The first kappa shape index (κ1) is 19.1. The molecule has 2 nitrogen and oxygen atoms in total. The molecule has 10 atom stereocenters. The third-order valence-corrected chi connectivity index (χ3v) is 10.9. The minimum Gasteiger partial charge on any atom is -0.349 e. The van der Waals surface area contributed by atoms with Crippen LogP contribution in [0.25, 0.3) is 0 Å². The predicted octanol–water partition coefficient (Wildman–Crippen LogP) is 6.52. The highest BCUT2D eigenvalue weighted by Crippen LogP contribution is 2.70. The zero-order valence-corrected chi connectivity index (χ0v) is 19.0. The molecule has 0 aromatic heterocycles. The first-order chi connectivity index (χ1) is 13.9. The van der Waals surface area contributed by atoms with E-state index in [0.717, 1.165) is 30.8 Å². The topological polar surface area (TPSA) is 18.5 Å². The molecule has 0 N–H and O–H groups in total. The van der Waals surface area contributed by atoms with Gasteiger partial charge in [-0.3, -0.25) is 0 Å². The Kier molecular flexibility index (Phi) is 4.10. The average Bonchev–Trinajstić information content (AvgIpc) is 3.15. The predicted molar refractivity (Wildman–Crippen MR) is 116 cm³/mol. The van der Waals surface area contributed by atoms with E-state index in [-0.39, 0.29) is 5.79 Å². The van der Waals surface area contributed by atoms with E-state index in [0.29, 0.717) is 34.7 Å². The molecule has 4 fully saturated rings. The highest BCUT2D eigenvalue weighted by molar-refractivity contribution is 5.34. The summed E-state index contributed by atoms with van der Waals surface area (Å²) in [6, 6.07) is 0. The summed E-state index contributed by atoms with van der Waals surface area (Å²) in [5.74, 6) is 4.20. The molecule has 2 saturated carbocycles. The summed E-state index contributed by atoms with van der Waals surface area (Å²) in [5.41, 5.74) is 2.51. The summed E-state index contributed by atoms with van der Waals surface area (Å²) < 4.78 is 13.4. The molecule has 0 amide bonds. The van der Waals surface area contributed by atoms with Crippen molar-refractivity contribution >= 4 is 0 Å². The van der Waals surface area contributed by atoms with E-state index < -0.39 is 0 Å². The van der Waals surface area contributed by atoms with Gasteiger partial charge in [-0.15, -0.1) is 0 Å². The van der Waals surface area contributed by atoms with Gasteiger partial charge in [0.2, 0.25) is 0 Å². The van der Waals surface area contributed by atoms with Gasteiger partial charge in [0.05, 0.1) is 12.7 Å². The van der Waals surface area contributed by atoms with Crippen molar-refractivity contribution in [2.45, 2.75) is 91.0 Å². The number of hydrogen-bond acceptors (Lipinski definition) is 2. The Morgan fingerprint density at radius 2 is 1.90 bits per heavy atom. The van der Waals surface area contributed by atoms with Crippen LogP contribution in [0.1, 0.15) is 79.1 Å². The lowest BCUT2D eigenvalue weighted by Crippen LogP contribution is -2.51. The van der Waals surface area contributed by atoms with Gasteiger partial charge >= 0.3 is 0 Å². The quantitative estimate of drug-likeness (QED) is 0.464. The van der Waals surface area contributed by atoms with Gasteiger partial charge in [0.1, 0.15) is 0 Å². The normalized spacial score (nSPS) is 58.3. The molecule has 6 rings (SSSR count). The van der Waals surface area contributed by atoms with E-state index in [2.05, 4.69) is 45.9 Å². The minimum atomic E-state index is -0.271. The van der Waals surface area contributed by atoms with Crippen LogP contribution >= 0.6 is 0 Å². The monoisotopic (exact) mass is 396 g/mol.